The molecule has 0 amide bonds. The Morgan fingerprint density at radius 1 is 1.28 bits per heavy atom. The van der Waals surface area contributed by atoms with Crippen LogP contribution in [0.3, 0.4) is 0 Å². The van der Waals surface area contributed by atoms with Crippen molar-refractivity contribution in [3.8, 4) is 11.1 Å². The summed E-state index contributed by atoms with van der Waals surface area (Å²) < 4.78 is 0. The molecule has 0 atom stereocenters. The van der Waals surface area contributed by atoms with Crippen molar-refractivity contribution in [2.45, 2.75) is 0 Å². The van der Waals surface area contributed by atoms with E-state index in [0.29, 0.717) is 11.1 Å². The molecule has 7 heteroatoms. The van der Waals surface area contributed by atoms with Gasteiger partial charge >= 0.3 is 5.97 Å². The van der Waals surface area contributed by atoms with Gasteiger partial charge in [0.15, 0.2) is 0 Å². The van der Waals surface area contributed by atoms with Gasteiger partial charge in [-0.15, -0.1) is 12.4 Å². The van der Waals surface area contributed by atoms with Crippen molar-refractivity contribution in [1.82, 2.24) is 9.97 Å². The molecule has 0 saturated carbocycles. The van der Waals surface area contributed by atoms with E-state index in [1.165, 1.54) is 12.3 Å². The largest absolute Gasteiger partial charge is 0.478 e. The Labute approximate surface area is 114 Å². The van der Waals surface area contributed by atoms with Crippen LogP contribution in [-0.2, 0) is 0 Å². The number of aromatic nitrogens is 2. The van der Waals surface area contributed by atoms with E-state index in [1.54, 1.807) is 18.2 Å². The number of rotatable bonds is 2. The van der Waals surface area contributed by atoms with Crippen LogP contribution < -0.4 is 5.73 Å². The highest BCUT2D eigenvalue weighted by Gasteiger charge is 2.14. The van der Waals surface area contributed by atoms with Crippen molar-refractivity contribution in [1.29, 1.82) is 0 Å². The third-order valence-electron chi connectivity index (χ3n) is 2.24. The van der Waals surface area contributed by atoms with E-state index in [9.17, 15) is 4.79 Å². The van der Waals surface area contributed by atoms with E-state index in [4.69, 9.17) is 22.4 Å². The molecule has 0 spiro atoms. The molecule has 1 aromatic heterocycles. The lowest BCUT2D eigenvalue weighted by molar-refractivity contribution is 0.0698. The Morgan fingerprint density at radius 2 is 1.94 bits per heavy atom. The second-order valence-electron chi connectivity index (χ2n) is 3.29. The smallest absolute Gasteiger partial charge is 0.336 e. The lowest BCUT2D eigenvalue weighted by Gasteiger charge is -2.07. The Kier molecular flexibility index (Phi) is 4.47. The molecule has 0 bridgehead atoms. The number of carboxylic acids is 1. The van der Waals surface area contributed by atoms with Gasteiger partial charge in [0, 0.05) is 17.3 Å². The predicted molar refractivity (Wildman–Crippen MR) is 71.1 cm³/mol. The van der Waals surface area contributed by atoms with E-state index in [2.05, 4.69) is 9.97 Å². The van der Waals surface area contributed by atoms with Gasteiger partial charge in [0.2, 0.25) is 5.28 Å². The van der Waals surface area contributed by atoms with Crippen LogP contribution in [0.2, 0.25) is 5.28 Å². The normalized spacial score (nSPS) is 9.61. The van der Waals surface area contributed by atoms with Crippen LogP contribution in [0, 0.1) is 0 Å². The quantitative estimate of drug-likeness (QED) is 0.828. The Balaban J connectivity index is 0.00000162. The lowest BCUT2D eigenvalue weighted by Crippen LogP contribution is -2.02. The topological polar surface area (TPSA) is 89.1 Å². The van der Waals surface area contributed by atoms with Gasteiger partial charge in [0.25, 0.3) is 0 Å². The Hall–Kier alpha value is -1.85. The van der Waals surface area contributed by atoms with Gasteiger partial charge in [0.1, 0.15) is 5.82 Å². The van der Waals surface area contributed by atoms with Gasteiger partial charge in [-0.2, -0.15) is 0 Å². The van der Waals surface area contributed by atoms with Crippen LogP contribution >= 0.6 is 24.0 Å². The first kappa shape index (κ1) is 14.2. The molecule has 2 rings (SSSR count). The van der Waals surface area contributed by atoms with Gasteiger partial charge in [-0.05, 0) is 17.7 Å². The maximum atomic E-state index is 11.1. The number of hydrogen-bond donors (Lipinski definition) is 2. The summed E-state index contributed by atoms with van der Waals surface area (Å²) in [5.41, 5.74) is 6.76. The lowest BCUT2D eigenvalue weighted by atomic mass is 10.0. The number of aromatic carboxylic acids is 1. The van der Waals surface area contributed by atoms with Crippen molar-refractivity contribution in [3.63, 3.8) is 0 Å². The third kappa shape index (κ3) is 2.69. The summed E-state index contributed by atoms with van der Waals surface area (Å²) in [4.78, 5) is 18.7. The molecule has 94 valence electrons. The monoisotopic (exact) mass is 285 g/mol. The molecular weight excluding hydrogens is 277 g/mol. The van der Waals surface area contributed by atoms with Crippen LogP contribution in [0.15, 0.2) is 30.5 Å². The third-order valence-corrected chi connectivity index (χ3v) is 2.42. The van der Waals surface area contributed by atoms with E-state index >= 15 is 0 Å². The van der Waals surface area contributed by atoms with E-state index in [-0.39, 0.29) is 29.1 Å². The van der Waals surface area contributed by atoms with Crippen LogP contribution in [-0.4, -0.2) is 21.0 Å². The number of carbonyl (C=O) groups is 1. The molecule has 0 saturated heterocycles. The molecule has 0 aliphatic carbocycles. The maximum Gasteiger partial charge on any atom is 0.336 e. The molecule has 18 heavy (non-hydrogen) atoms. The molecule has 1 aromatic carbocycles. The molecule has 0 aliphatic rings. The number of benzene rings is 1. The van der Waals surface area contributed by atoms with E-state index in [1.807, 2.05) is 0 Å². The second-order valence-corrected chi connectivity index (χ2v) is 3.63. The molecule has 2 aromatic rings. The molecular formula is C11H9Cl2N3O2. The SMILES string of the molecule is Cl.Nc1nc(Cl)ncc1-c1ccccc1C(=O)O. The zero-order chi connectivity index (χ0) is 12.4. The summed E-state index contributed by atoms with van der Waals surface area (Å²) in [5, 5.41) is 9.09. The highest BCUT2D eigenvalue weighted by Crippen LogP contribution is 2.27. The molecule has 0 unspecified atom stereocenters. The van der Waals surface area contributed by atoms with E-state index in [0.717, 1.165) is 0 Å². The summed E-state index contributed by atoms with van der Waals surface area (Å²) in [7, 11) is 0. The minimum absolute atomic E-state index is 0. The first-order valence-electron chi connectivity index (χ1n) is 4.70. The maximum absolute atomic E-state index is 11.1. The van der Waals surface area contributed by atoms with Crippen molar-refractivity contribution in [3.05, 3.63) is 41.3 Å². The number of halogens is 2. The molecule has 0 fully saturated rings. The Morgan fingerprint density at radius 3 is 2.56 bits per heavy atom. The molecule has 5 nitrogen and oxygen atoms in total. The van der Waals surface area contributed by atoms with Crippen molar-refractivity contribution in [2.75, 3.05) is 5.73 Å². The number of hydrogen-bond acceptors (Lipinski definition) is 4. The van der Waals surface area contributed by atoms with Crippen molar-refractivity contribution < 1.29 is 9.90 Å². The van der Waals surface area contributed by atoms with Crippen LogP contribution in [0.4, 0.5) is 5.82 Å². The summed E-state index contributed by atoms with van der Waals surface area (Å²) >= 11 is 5.59. The second kappa shape index (κ2) is 5.66. The van der Waals surface area contributed by atoms with Gasteiger partial charge in [-0.1, -0.05) is 18.2 Å². The number of nitrogens with two attached hydrogens (primary N) is 1. The fourth-order valence-electron chi connectivity index (χ4n) is 1.48. The number of anilines is 1. The number of carboxylic acid groups (broad SMARTS) is 1. The fraction of sp³-hybridized carbons (Fsp3) is 0. The average molecular weight is 286 g/mol. The number of nitrogen functional groups attached to an aromatic ring is 1. The molecule has 0 aliphatic heterocycles. The highest BCUT2D eigenvalue weighted by atomic mass is 35.5. The summed E-state index contributed by atoms with van der Waals surface area (Å²) in [6.07, 6.45) is 1.41. The minimum Gasteiger partial charge on any atom is -0.478 e. The highest BCUT2D eigenvalue weighted by molar-refractivity contribution is 6.28. The molecule has 1 heterocycles. The first-order chi connectivity index (χ1) is 8.09. The standard InChI is InChI=1S/C11H8ClN3O2.ClH/c12-11-14-5-8(9(13)15-11)6-3-1-2-4-7(6)10(16)17;/h1-5H,(H,16,17)(H2,13,14,15);1H. The van der Waals surface area contributed by atoms with Crippen molar-refractivity contribution >= 4 is 35.8 Å². The predicted octanol–water partition coefficient (Wildman–Crippen LogP) is 2.50. The summed E-state index contributed by atoms with van der Waals surface area (Å²) in [6.45, 7) is 0. The van der Waals surface area contributed by atoms with Gasteiger partial charge in [0.05, 0.1) is 5.56 Å². The summed E-state index contributed by atoms with van der Waals surface area (Å²) in [5.74, 6) is -0.881. The molecule has 0 radical (unpaired) electrons. The fourth-order valence-corrected chi connectivity index (χ4v) is 1.62. The zero-order valence-corrected chi connectivity index (χ0v) is 10.6. The average Bonchev–Trinajstić information content (AvgIpc) is 2.29. The van der Waals surface area contributed by atoms with E-state index < -0.39 is 5.97 Å². The van der Waals surface area contributed by atoms with Crippen molar-refractivity contribution in [2.24, 2.45) is 0 Å². The Bertz CT molecular complexity index is 590. The van der Waals surface area contributed by atoms with Crippen LogP contribution in [0.1, 0.15) is 10.4 Å². The van der Waals surface area contributed by atoms with Crippen LogP contribution in [0.25, 0.3) is 11.1 Å². The first-order valence-corrected chi connectivity index (χ1v) is 5.08. The van der Waals surface area contributed by atoms with Crippen LogP contribution in [0.5, 0.6) is 0 Å². The number of nitrogens with zero attached hydrogens (tertiary/aromatic N) is 2. The summed E-state index contributed by atoms with van der Waals surface area (Å²) in [6, 6.07) is 6.49. The van der Waals surface area contributed by atoms with Gasteiger partial charge in [-0.25, -0.2) is 14.8 Å². The van der Waals surface area contributed by atoms with Gasteiger partial charge in [-0.3, -0.25) is 0 Å². The minimum atomic E-state index is -1.03. The zero-order valence-electron chi connectivity index (χ0n) is 9.00. The molecule has 3 N–H and O–H groups in total. The van der Waals surface area contributed by atoms with Gasteiger partial charge < -0.3 is 10.8 Å².